The lowest BCUT2D eigenvalue weighted by molar-refractivity contribution is -0.135. The summed E-state index contributed by atoms with van der Waals surface area (Å²) in [6.07, 6.45) is 7.78. The quantitative estimate of drug-likeness (QED) is 0.454. The van der Waals surface area contributed by atoms with Crippen LogP contribution < -0.4 is 25.8 Å². The van der Waals surface area contributed by atoms with Gasteiger partial charge in [0.1, 0.15) is 6.33 Å². The number of nitrogens with two attached hydrogens (primary N) is 1. The largest absolute Gasteiger partial charge is 0.454 e. The highest BCUT2D eigenvalue weighted by Crippen LogP contribution is 2.38. The molecule has 0 radical (unpaired) electrons. The van der Waals surface area contributed by atoms with Crippen molar-refractivity contribution in [3.05, 3.63) is 18.5 Å². The van der Waals surface area contributed by atoms with E-state index in [-0.39, 0.29) is 18.7 Å². The Balaban J connectivity index is 1.16. The fourth-order valence-corrected chi connectivity index (χ4v) is 6.75. The van der Waals surface area contributed by atoms with E-state index in [9.17, 15) is 4.79 Å². The van der Waals surface area contributed by atoms with E-state index in [1.807, 2.05) is 12.1 Å². The summed E-state index contributed by atoms with van der Waals surface area (Å²) < 4.78 is 13.2. The number of rotatable bonds is 6. The lowest BCUT2D eigenvalue weighted by atomic mass is 9.92. The second kappa shape index (κ2) is 10.6. The summed E-state index contributed by atoms with van der Waals surface area (Å²) in [6, 6.07) is 3.96. The minimum Gasteiger partial charge on any atom is -0.454 e. The maximum Gasteiger partial charge on any atom is 0.239 e. The molecule has 196 valence electrons. The van der Waals surface area contributed by atoms with Crippen molar-refractivity contribution in [1.29, 1.82) is 0 Å². The zero-order valence-corrected chi connectivity index (χ0v) is 22.7. The molecule has 3 N–H and O–H groups in total. The Labute approximate surface area is 222 Å². The van der Waals surface area contributed by atoms with E-state index in [0.717, 1.165) is 90.8 Å². The molecular formula is C25H32N7O3PS. The molecule has 3 aliphatic rings. The first-order valence-corrected chi connectivity index (χ1v) is 14.3. The summed E-state index contributed by atoms with van der Waals surface area (Å²) in [7, 11) is 2.77. The van der Waals surface area contributed by atoms with E-state index in [0.29, 0.717) is 17.3 Å². The predicted octanol–water partition coefficient (Wildman–Crippen LogP) is 2.56. The van der Waals surface area contributed by atoms with Crippen molar-refractivity contribution in [2.75, 3.05) is 32.2 Å². The number of nitrogens with zero attached hydrogens (tertiary/aromatic N) is 5. The molecule has 0 saturated carbocycles. The zero-order valence-electron chi connectivity index (χ0n) is 20.7. The van der Waals surface area contributed by atoms with Gasteiger partial charge in [-0.1, -0.05) is 18.2 Å². The molecule has 10 nitrogen and oxygen atoms in total. The summed E-state index contributed by atoms with van der Waals surface area (Å²) >= 11 is 1.56. The van der Waals surface area contributed by atoms with Gasteiger partial charge < -0.3 is 30.0 Å². The molecule has 12 heteroatoms. The van der Waals surface area contributed by atoms with Gasteiger partial charge in [0.15, 0.2) is 33.6 Å². The van der Waals surface area contributed by atoms with E-state index in [2.05, 4.69) is 34.0 Å². The van der Waals surface area contributed by atoms with Crippen LogP contribution in [-0.2, 0) is 11.3 Å². The topological polar surface area (TPSA) is 120 Å². The molecule has 3 aliphatic heterocycles. The van der Waals surface area contributed by atoms with Crippen LogP contribution in [0.3, 0.4) is 0 Å². The van der Waals surface area contributed by atoms with Gasteiger partial charge in [0.25, 0.3) is 0 Å². The minimum absolute atomic E-state index is 0.00476. The number of carbonyl (C=O) groups is 1. The molecule has 0 bridgehead atoms. The van der Waals surface area contributed by atoms with Gasteiger partial charge in [0.05, 0.1) is 6.04 Å². The minimum atomic E-state index is 0.00476. The average molecular weight is 542 g/mol. The summed E-state index contributed by atoms with van der Waals surface area (Å²) in [5.41, 5.74) is 7.53. The van der Waals surface area contributed by atoms with Crippen LogP contribution in [0, 0.1) is 5.92 Å². The fourth-order valence-electron chi connectivity index (χ4n) is 5.38. The van der Waals surface area contributed by atoms with Gasteiger partial charge in [-0.2, -0.15) is 0 Å². The van der Waals surface area contributed by atoms with Gasteiger partial charge in [-0.25, -0.2) is 15.0 Å². The molecule has 0 spiro atoms. The van der Waals surface area contributed by atoms with Crippen LogP contribution in [0.2, 0.25) is 0 Å². The van der Waals surface area contributed by atoms with Crippen LogP contribution in [0.5, 0.6) is 11.5 Å². The van der Waals surface area contributed by atoms with Crippen LogP contribution >= 0.6 is 21.0 Å². The Morgan fingerprint density at radius 1 is 1.16 bits per heavy atom. The molecule has 3 aromatic rings. The Morgan fingerprint density at radius 2 is 1.97 bits per heavy atom. The van der Waals surface area contributed by atoms with Gasteiger partial charge >= 0.3 is 0 Å². The third-order valence-electron chi connectivity index (χ3n) is 7.53. The molecule has 37 heavy (non-hydrogen) atoms. The molecule has 0 aliphatic carbocycles. The number of benzene rings is 1. The summed E-state index contributed by atoms with van der Waals surface area (Å²) in [5, 5.41) is 5.22. The lowest BCUT2D eigenvalue weighted by Crippen LogP contribution is -2.50. The van der Waals surface area contributed by atoms with Crippen LogP contribution in [0.1, 0.15) is 38.5 Å². The van der Waals surface area contributed by atoms with Crippen molar-refractivity contribution in [2.24, 2.45) is 5.92 Å². The summed E-state index contributed by atoms with van der Waals surface area (Å²) in [4.78, 5) is 29.5. The predicted molar refractivity (Wildman–Crippen MR) is 145 cm³/mol. The molecule has 1 amide bonds. The highest BCUT2D eigenvalue weighted by molar-refractivity contribution is 7.99. The van der Waals surface area contributed by atoms with E-state index in [1.54, 1.807) is 11.8 Å². The Hall–Kier alpha value is -2.62. The molecule has 2 aromatic heterocycles. The summed E-state index contributed by atoms with van der Waals surface area (Å²) in [6.45, 7) is 3.62. The van der Waals surface area contributed by atoms with E-state index >= 15 is 0 Å². The number of amides is 1. The number of hydrogen-bond acceptors (Lipinski definition) is 9. The van der Waals surface area contributed by atoms with Gasteiger partial charge in [0.2, 0.25) is 12.7 Å². The first-order valence-electron chi connectivity index (χ1n) is 12.9. The number of fused-ring (bicyclic) bond motifs is 2. The number of piperidine rings is 2. The third kappa shape index (κ3) is 5.09. The number of aryl methyl sites for hydroxylation is 1. The summed E-state index contributed by atoms with van der Waals surface area (Å²) in [5.74, 6) is 2.69. The first kappa shape index (κ1) is 24.7. The number of nitrogens with one attached hydrogen (secondary N) is 1. The Morgan fingerprint density at radius 3 is 2.76 bits per heavy atom. The second-order valence-electron chi connectivity index (χ2n) is 9.88. The molecular weight excluding hydrogens is 509 g/mol. The SMILES string of the molecule is Nc1ncnc2c1nc(Sc1cc3c(cc1P)OCO3)n2CCC1CCN(C(=O)C2CCCCN2)CC1. The average Bonchev–Trinajstić information content (AvgIpc) is 3.52. The molecule has 6 rings (SSSR count). The van der Waals surface area contributed by atoms with Crippen molar-refractivity contribution < 1.29 is 14.3 Å². The molecule has 2 atom stereocenters. The molecule has 2 saturated heterocycles. The standard InChI is InChI=1S/C25H32N7O3PS/c26-22-21-23(29-13-28-22)32(25(30-21)37-20-12-18-17(11-19(20)36)34-14-35-18)10-6-15-4-8-31(9-5-15)24(33)16-3-1-2-7-27-16/h11-13,15-16,27H,1-10,14,36H2,(H2,26,28,29). The van der Waals surface area contributed by atoms with Crippen molar-refractivity contribution in [3.63, 3.8) is 0 Å². The second-order valence-corrected chi connectivity index (χ2v) is 11.5. The van der Waals surface area contributed by atoms with Gasteiger partial charge in [-0.3, -0.25) is 4.79 Å². The Kier molecular flexibility index (Phi) is 7.10. The van der Waals surface area contributed by atoms with Crippen LogP contribution in [-0.4, -0.2) is 62.8 Å². The fraction of sp³-hybridized carbons (Fsp3) is 0.520. The van der Waals surface area contributed by atoms with E-state index in [1.165, 1.54) is 12.7 Å². The number of likely N-dealkylation sites (tertiary alicyclic amines) is 1. The van der Waals surface area contributed by atoms with Crippen LogP contribution in [0.4, 0.5) is 5.82 Å². The zero-order chi connectivity index (χ0) is 25.4. The highest BCUT2D eigenvalue weighted by atomic mass is 32.2. The first-order chi connectivity index (χ1) is 18.1. The van der Waals surface area contributed by atoms with E-state index in [4.69, 9.17) is 20.2 Å². The number of aromatic nitrogens is 4. The monoisotopic (exact) mass is 541 g/mol. The molecule has 1 aromatic carbocycles. The van der Waals surface area contributed by atoms with Crippen molar-refractivity contribution in [3.8, 4) is 11.5 Å². The van der Waals surface area contributed by atoms with Crippen LogP contribution in [0.25, 0.3) is 11.2 Å². The van der Waals surface area contributed by atoms with E-state index < -0.39 is 0 Å². The smallest absolute Gasteiger partial charge is 0.239 e. The maximum absolute atomic E-state index is 12.9. The molecule has 2 unspecified atom stereocenters. The van der Waals surface area contributed by atoms with Crippen molar-refractivity contribution in [2.45, 2.75) is 61.2 Å². The number of hydrogen-bond donors (Lipinski definition) is 2. The normalized spacial score (nSPS) is 20.0. The number of anilines is 1. The van der Waals surface area contributed by atoms with Gasteiger partial charge in [0, 0.05) is 24.5 Å². The highest BCUT2D eigenvalue weighted by Gasteiger charge is 2.29. The molecule has 2 fully saturated rings. The van der Waals surface area contributed by atoms with Gasteiger partial charge in [-0.15, -0.1) is 9.24 Å². The molecule has 5 heterocycles. The third-order valence-corrected chi connectivity index (χ3v) is 9.28. The van der Waals surface area contributed by atoms with Crippen LogP contribution in [0.15, 0.2) is 28.5 Å². The number of nitrogen functional groups attached to an aromatic ring is 1. The number of ether oxygens (including phenoxy) is 2. The Bertz CT molecular complexity index is 1310. The van der Waals surface area contributed by atoms with Gasteiger partial charge in [-0.05, 0) is 62.0 Å². The van der Waals surface area contributed by atoms with Crippen molar-refractivity contribution >= 4 is 49.2 Å². The lowest BCUT2D eigenvalue weighted by Gasteiger charge is -2.35. The van der Waals surface area contributed by atoms with Crippen molar-refractivity contribution in [1.82, 2.24) is 29.7 Å². The number of imidazole rings is 1. The number of carbonyl (C=O) groups excluding carboxylic acids is 1. The maximum atomic E-state index is 12.9.